The summed E-state index contributed by atoms with van der Waals surface area (Å²) < 4.78 is 0. The molecule has 0 spiro atoms. The number of carbonyl (C=O) groups excluding carboxylic acids is 1. The van der Waals surface area contributed by atoms with Crippen molar-refractivity contribution in [3.8, 4) is 0 Å². The van der Waals surface area contributed by atoms with E-state index in [0.29, 0.717) is 29.8 Å². The number of aliphatic carboxylic acids is 1. The molecule has 98 valence electrons. The molecule has 0 saturated carbocycles. The van der Waals surface area contributed by atoms with Crippen molar-refractivity contribution in [2.75, 3.05) is 0 Å². The molecule has 0 aliphatic heterocycles. The third kappa shape index (κ3) is 3.26. The number of hydrogen-bond acceptors (Lipinski definition) is 4. The second-order valence-corrected chi connectivity index (χ2v) is 3.97. The molecule has 2 N–H and O–H groups in total. The van der Waals surface area contributed by atoms with Gasteiger partial charge in [0.05, 0.1) is 17.0 Å². The van der Waals surface area contributed by atoms with Crippen molar-refractivity contribution in [1.82, 2.24) is 15.5 Å². The SMILES string of the molecule is CCc1nnc(C)cc1C(=O)N[C@@H](CC)C(=O)O. The van der Waals surface area contributed by atoms with Crippen molar-refractivity contribution >= 4 is 11.9 Å². The van der Waals surface area contributed by atoms with Gasteiger partial charge < -0.3 is 10.4 Å². The lowest BCUT2D eigenvalue weighted by molar-refractivity contribution is -0.139. The summed E-state index contributed by atoms with van der Waals surface area (Å²) in [6.45, 7) is 5.30. The summed E-state index contributed by atoms with van der Waals surface area (Å²) in [5.41, 5.74) is 1.59. The predicted octanol–water partition coefficient (Wildman–Crippen LogP) is 0.940. The maximum atomic E-state index is 12.0. The van der Waals surface area contributed by atoms with E-state index in [1.165, 1.54) is 0 Å². The van der Waals surface area contributed by atoms with Gasteiger partial charge in [-0.05, 0) is 25.8 Å². The molecule has 1 aromatic heterocycles. The lowest BCUT2D eigenvalue weighted by atomic mass is 10.1. The summed E-state index contributed by atoms with van der Waals surface area (Å²) in [7, 11) is 0. The Labute approximate surface area is 105 Å². The van der Waals surface area contributed by atoms with Crippen molar-refractivity contribution in [2.45, 2.75) is 39.7 Å². The van der Waals surface area contributed by atoms with Gasteiger partial charge in [-0.25, -0.2) is 4.79 Å². The zero-order chi connectivity index (χ0) is 13.7. The number of nitrogens with one attached hydrogen (secondary N) is 1. The Kier molecular flexibility index (Phi) is 4.76. The molecule has 0 fully saturated rings. The number of carboxylic acid groups (broad SMARTS) is 1. The summed E-state index contributed by atoms with van der Waals surface area (Å²) in [5, 5.41) is 19.2. The van der Waals surface area contributed by atoms with Crippen LogP contribution in [0.25, 0.3) is 0 Å². The molecular weight excluding hydrogens is 234 g/mol. The average molecular weight is 251 g/mol. The molecule has 1 amide bonds. The van der Waals surface area contributed by atoms with Gasteiger partial charge in [-0.15, -0.1) is 0 Å². The fourth-order valence-corrected chi connectivity index (χ4v) is 1.55. The Balaban J connectivity index is 2.96. The standard InChI is InChI=1S/C12H17N3O3/c1-4-9-8(6-7(3)14-15-9)11(16)13-10(5-2)12(17)18/h6,10H,4-5H2,1-3H3,(H,13,16)(H,17,18)/t10-/m0/s1. The minimum absolute atomic E-state index is 0.333. The van der Waals surface area contributed by atoms with Crippen LogP contribution in [0.3, 0.4) is 0 Å². The van der Waals surface area contributed by atoms with Gasteiger partial charge >= 0.3 is 5.97 Å². The summed E-state index contributed by atoms with van der Waals surface area (Å²) >= 11 is 0. The van der Waals surface area contributed by atoms with E-state index >= 15 is 0 Å². The molecule has 0 unspecified atom stereocenters. The molecule has 1 rings (SSSR count). The van der Waals surface area contributed by atoms with Crippen LogP contribution in [0.15, 0.2) is 6.07 Å². The molecule has 1 atom stereocenters. The van der Waals surface area contributed by atoms with Crippen LogP contribution in [0, 0.1) is 6.92 Å². The molecule has 0 saturated heterocycles. The van der Waals surface area contributed by atoms with Gasteiger partial charge in [-0.2, -0.15) is 10.2 Å². The molecule has 0 aliphatic carbocycles. The van der Waals surface area contributed by atoms with Gasteiger partial charge in [-0.3, -0.25) is 4.79 Å². The zero-order valence-electron chi connectivity index (χ0n) is 10.7. The Morgan fingerprint density at radius 3 is 2.56 bits per heavy atom. The number of carboxylic acids is 1. The number of hydrogen-bond donors (Lipinski definition) is 2. The normalized spacial score (nSPS) is 11.9. The van der Waals surface area contributed by atoms with Gasteiger partial charge in [0.1, 0.15) is 6.04 Å². The zero-order valence-corrected chi connectivity index (χ0v) is 10.7. The maximum absolute atomic E-state index is 12.0. The number of aromatic nitrogens is 2. The fraction of sp³-hybridized carbons (Fsp3) is 0.500. The fourth-order valence-electron chi connectivity index (χ4n) is 1.55. The molecule has 6 nitrogen and oxygen atoms in total. The number of nitrogens with zero attached hydrogens (tertiary/aromatic N) is 2. The molecule has 18 heavy (non-hydrogen) atoms. The molecular formula is C12H17N3O3. The molecule has 0 radical (unpaired) electrons. The molecule has 6 heteroatoms. The predicted molar refractivity (Wildman–Crippen MR) is 65.3 cm³/mol. The van der Waals surface area contributed by atoms with Crippen LogP contribution >= 0.6 is 0 Å². The highest BCUT2D eigenvalue weighted by molar-refractivity contribution is 5.97. The van der Waals surface area contributed by atoms with Crippen LogP contribution in [-0.2, 0) is 11.2 Å². The van der Waals surface area contributed by atoms with Gasteiger partial charge in [-0.1, -0.05) is 13.8 Å². The number of rotatable bonds is 5. The number of carbonyl (C=O) groups is 2. The van der Waals surface area contributed by atoms with E-state index < -0.39 is 17.9 Å². The molecule has 1 heterocycles. The van der Waals surface area contributed by atoms with Gasteiger partial charge in [0.25, 0.3) is 5.91 Å². The molecule has 0 aliphatic rings. The average Bonchev–Trinajstić information content (AvgIpc) is 2.35. The van der Waals surface area contributed by atoms with Gasteiger partial charge in [0.15, 0.2) is 0 Å². The van der Waals surface area contributed by atoms with Crippen LogP contribution in [0.4, 0.5) is 0 Å². The first-order chi connectivity index (χ1) is 8.49. The maximum Gasteiger partial charge on any atom is 0.326 e. The van der Waals surface area contributed by atoms with Crippen molar-refractivity contribution in [2.24, 2.45) is 0 Å². The van der Waals surface area contributed by atoms with Crippen LogP contribution in [-0.4, -0.2) is 33.2 Å². The lowest BCUT2D eigenvalue weighted by Crippen LogP contribution is -2.40. The minimum atomic E-state index is -1.04. The third-order valence-electron chi connectivity index (χ3n) is 2.58. The van der Waals surface area contributed by atoms with E-state index in [1.54, 1.807) is 19.9 Å². The van der Waals surface area contributed by atoms with E-state index in [-0.39, 0.29) is 0 Å². The van der Waals surface area contributed by atoms with Gasteiger partial charge in [0.2, 0.25) is 0 Å². The third-order valence-corrected chi connectivity index (χ3v) is 2.58. The number of aryl methyl sites for hydroxylation is 2. The van der Waals surface area contributed by atoms with Gasteiger partial charge in [0, 0.05) is 0 Å². The van der Waals surface area contributed by atoms with E-state index in [0.717, 1.165) is 0 Å². The largest absolute Gasteiger partial charge is 0.480 e. The Hall–Kier alpha value is -1.98. The molecule has 0 bridgehead atoms. The highest BCUT2D eigenvalue weighted by Gasteiger charge is 2.20. The quantitative estimate of drug-likeness (QED) is 0.812. The van der Waals surface area contributed by atoms with Crippen molar-refractivity contribution in [3.05, 3.63) is 23.0 Å². The Bertz CT molecular complexity index is 460. The summed E-state index contributed by atoms with van der Waals surface area (Å²) in [6.07, 6.45) is 0.903. The summed E-state index contributed by atoms with van der Waals surface area (Å²) in [5.74, 6) is -1.46. The van der Waals surface area contributed by atoms with Crippen molar-refractivity contribution in [1.29, 1.82) is 0 Å². The van der Waals surface area contributed by atoms with E-state index in [1.807, 2.05) is 6.92 Å². The van der Waals surface area contributed by atoms with E-state index in [2.05, 4.69) is 15.5 Å². The lowest BCUT2D eigenvalue weighted by Gasteiger charge is -2.13. The number of amides is 1. The topological polar surface area (TPSA) is 92.2 Å². The Morgan fingerprint density at radius 2 is 2.06 bits per heavy atom. The smallest absolute Gasteiger partial charge is 0.326 e. The highest BCUT2D eigenvalue weighted by atomic mass is 16.4. The van der Waals surface area contributed by atoms with Crippen LogP contribution in [0.5, 0.6) is 0 Å². The van der Waals surface area contributed by atoms with E-state index in [9.17, 15) is 9.59 Å². The van der Waals surface area contributed by atoms with E-state index in [4.69, 9.17) is 5.11 Å². The molecule has 0 aromatic carbocycles. The molecule has 1 aromatic rings. The first-order valence-electron chi connectivity index (χ1n) is 5.86. The van der Waals surface area contributed by atoms with Crippen LogP contribution in [0.1, 0.15) is 42.0 Å². The van der Waals surface area contributed by atoms with Crippen molar-refractivity contribution in [3.63, 3.8) is 0 Å². The summed E-state index contributed by atoms with van der Waals surface area (Å²) in [4.78, 5) is 22.9. The Morgan fingerprint density at radius 1 is 1.39 bits per heavy atom. The van der Waals surface area contributed by atoms with Crippen LogP contribution < -0.4 is 5.32 Å². The van der Waals surface area contributed by atoms with Crippen molar-refractivity contribution < 1.29 is 14.7 Å². The monoisotopic (exact) mass is 251 g/mol. The first kappa shape index (κ1) is 14.1. The summed E-state index contributed by atoms with van der Waals surface area (Å²) in [6, 6.07) is 0.742. The first-order valence-corrected chi connectivity index (χ1v) is 5.86. The highest BCUT2D eigenvalue weighted by Crippen LogP contribution is 2.08. The second kappa shape index (κ2) is 6.09. The second-order valence-electron chi connectivity index (χ2n) is 3.97. The van der Waals surface area contributed by atoms with Crippen LogP contribution in [0.2, 0.25) is 0 Å². The minimum Gasteiger partial charge on any atom is -0.480 e.